The molecule has 0 radical (unpaired) electrons. The number of thioether (sulfide) groups is 1. The van der Waals surface area contributed by atoms with Crippen molar-refractivity contribution in [3.8, 4) is 0 Å². The molecule has 0 aliphatic carbocycles. The molecule has 4 nitrogen and oxygen atoms in total. The first-order valence-corrected chi connectivity index (χ1v) is 6.50. The van der Waals surface area contributed by atoms with Crippen LogP contribution < -0.4 is 10.6 Å². The van der Waals surface area contributed by atoms with E-state index < -0.39 is 6.04 Å². The number of carbonyl (C=O) groups excluding carboxylic acids is 2. The molecule has 1 heterocycles. The smallest absolute Gasteiger partial charge is 0.279 e. The zero-order chi connectivity index (χ0) is 12.3. The Morgan fingerprint density at radius 3 is 2.71 bits per heavy atom. The number of hydrogen-bond acceptors (Lipinski definition) is 3. The zero-order valence-electron chi connectivity index (χ0n) is 9.53. The van der Waals surface area contributed by atoms with Crippen molar-refractivity contribution in [1.82, 2.24) is 5.32 Å². The van der Waals surface area contributed by atoms with E-state index in [1.807, 2.05) is 24.3 Å². The molecule has 5 heteroatoms. The van der Waals surface area contributed by atoms with Gasteiger partial charge in [-0.05, 0) is 24.1 Å². The van der Waals surface area contributed by atoms with Crippen LogP contribution in [0.25, 0.3) is 0 Å². The van der Waals surface area contributed by atoms with Gasteiger partial charge in [0, 0.05) is 11.4 Å². The van der Waals surface area contributed by atoms with Crippen LogP contribution in [0.2, 0.25) is 0 Å². The molecular formula is C12H14N2O2S. The van der Waals surface area contributed by atoms with E-state index in [1.54, 1.807) is 0 Å². The van der Waals surface area contributed by atoms with Gasteiger partial charge in [0.25, 0.3) is 5.24 Å². The van der Waals surface area contributed by atoms with Crippen LogP contribution in [-0.4, -0.2) is 22.9 Å². The maximum absolute atomic E-state index is 11.8. The summed E-state index contributed by atoms with van der Waals surface area (Å²) < 4.78 is 0. The lowest BCUT2D eigenvalue weighted by atomic mass is 10.1. The number of aryl methyl sites for hydroxylation is 1. The molecule has 0 bridgehead atoms. The molecule has 2 rings (SSSR count). The monoisotopic (exact) mass is 250 g/mol. The van der Waals surface area contributed by atoms with Gasteiger partial charge < -0.3 is 10.6 Å². The van der Waals surface area contributed by atoms with Crippen LogP contribution in [0.4, 0.5) is 10.5 Å². The Morgan fingerprint density at radius 1 is 1.47 bits per heavy atom. The molecule has 17 heavy (non-hydrogen) atoms. The van der Waals surface area contributed by atoms with Gasteiger partial charge >= 0.3 is 0 Å². The van der Waals surface area contributed by atoms with E-state index in [9.17, 15) is 9.59 Å². The van der Waals surface area contributed by atoms with Gasteiger partial charge in [0.05, 0.1) is 0 Å². The zero-order valence-corrected chi connectivity index (χ0v) is 10.3. The van der Waals surface area contributed by atoms with Gasteiger partial charge in [-0.3, -0.25) is 9.59 Å². The van der Waals surface area contributed by atoms with Gasteiger partial charge in [-0.15, -0.1) is 0 Å². The standard InChI is InChI=1S/C12H14N2O2S/c1-2-8-3-5-9(6-4-8)13-11(15)10-7-17-12(16)14-10/h3-6,10H,2,7H2,1H3,(H,13,15)(H,14,16)/t10-/m1/s1. The van der Waals surface area contributed by atoms with Crippen LogP contribution in [0.5, 0.6) is 0 Å². The third kappa shape index (κ3) is 3.00. The Kier molecular flexibility index (Phi) is 3.68. The number of benzene rings is 1. The molecule has 2 amide bonds. The number of carbonyl (C=O) groups is 2. The fourth-order valence-electron chi connectivity index (χ4n) is 1.58. The minimum atomic E-state index is -0.418. The highest BCUT2D eigenvalue weighted by Gasteiger charge is 2.27. The summed E-state index contributed by atoms with van der Waals surface area (Å²) >= 11 is 1.14. The predicted octanol–water partition coefficient (Wildman–Crippen LogP) is 2.01. The predicted molar refractivity (Wildman–Crippen MR) is 69.2 cm³/mol. The summed E-state index contributed by atoms with van der Waals surface area (Å²) in [5.41, 5.74) is 1.99. The molecular weight excluding hydrogens is 236 g/mol. The Labute approximate surface area is 104 Å². The molecule has 1 saturated heterocycles. The van der Waals surface area contributed by atoms with Crippen LogP contribution in [0.15, 0.2) is 24.3 Å². The average molecular weight is 250 g/mol. The molecule has 1 aromatic rings. The quantitative estimate of drug-likeness (QED) is 0.862. The number of amides is 2. The molecule has 0 aromatic heterocycles. The van der Waals surface area contributed by atoms with Crippen LogP contribution in [-0.2, 0) is 11.2 Å². The number of hydrogen-bond donors (Lipinski definition) is 2. The van der Waals surface area contributed by atoms with Crippen molar-refractivity contribution in [3.05, 3.63) is 29.8 Å². The first-order chi connectivity index (χ1) is 8.19. The summed E-state index contributed by atoms with van der Waals surface area (Å²) in [5.74, 6) is 0.338. The van der Waals surface area contributed by atoms with Gasteiger partial charge in [0.1, 0.15) is 6.04 Å². The van der Waals surface area contributed by atoms with Crippen LogP contribution in [0.1, 0.15) is 12.5 Å². The summed E-state index contributed by atoms with van der Waals surface area (Å²) in [5, 5.41) is 5.26. The summed E-state index contributed by atoms with van der Waals surface area (Å²) in [7, 11) is 0. The van der Waals surface area contributed by atoms with E-state index in [1.165, 1.54) is 5.56 Å². The number of rotatable bonds is 3. The molecule has 1 aliphatic heterocycles. The lowest BCUT2D eigenvalue weighted by molar-refractivity contribution is -0.117. The fraction of sp³-hybridized carbons (Fsp3) is 0.333. The normalized spacial score (nSPS) is 18.9. The van der Waals surface area contributed by atoms with Crippen molar-refractivity contribution in [1.29, 1.82) is 0 Å². The second-order valence-corrected chi connectivity index (χ2v) is 4.83. The van der Waals surface area contributed by atoms with Gasteiger partial charge in [-0.2, -0.15) is 0 Å². The molecule has 2 N–H and O–H groups in total. The molecule has 1 aromatic carbocycles. The van der Waals surface area contributed by atoms with Crippen molar-refractivity contribution in [2.45, 2.75) is 19.4 Å². The van der Waals surface area contributed by atoms with Crippen molar-refractivity contribution >= 4 is 28.6 Å². The van der Waals surface area contributed by atoms with E-state index >= 15 is 0 Å². The highest BCUT2D eigenvalue weighted by Crippen LogP contribution is 2.15. The van der Waals surface area contributed by atoms with E-state index in [0.717, 1.165) is 23.9 Å². The largest absolute Gasteiger partial charge is 0.334 e. The highest BCUT2D eigenvalue weighted by molar-refractivity contribution is 8.14. The average Bonchev–Trinajstić information content (AvgIpc) is 2.77. The minimum absolute atomic E-state index is 0.133. The highest BCUT2D eigenvalue weighted by atomic mass is 32.2. The number of nitrogens with one attached hydrogen (secondary N) is 2. The lowest BCUT2D eigenvalue weighted by Gasteiger charge is -2.10. The van der Waals surface area contributed by atoms with Crippen LogP contribution in [0, 0.1) is 0 Å². The second-order valence-electron chi connectivity index (χ2n) is 3.84. The molecule has 90 valence electrons. The van der Waals surface area contributed by atoms with Gasteiger partial charge in [-0.25, -0.2) is 0 Å². The second kappa shape index (κ2) is 5.23. The van der Waals surface area contributed by atoms with Crippen LogP contribution in [0.3, 0.4) is 0 Å². The topological polar surface area (TPSA) is 58.2 Å². The molecule has 0 saturated carbocycles. The Morgan fingerprint density at radius 2 is 2.18 bits per heavy atom. The van der Waals surface area contributed by atoms with Crippen molar-refractivity contribution in [2.75, 3.05) is 11.1 Å². The van der Waals surface area contributed by atoms with Crippen molar-refractivity contribution in [3.63, 3.8) is 0 Å². The van der Waals surface area contributed by atoms with Crippen molar-refractivity contribution in [2.24, 2.45) is 0 Å². The maximum Gasteiger partial charge on any atom is 0.279 e. The Balaban J connectivity index is 1.95. The first-order valence-electron chi connectivity index (χ1n) is 5.52. The Hall–Kier alpha value is -1.49. The van der Waals surface area contributed by atoms with Crippen LogP contribution >= 0.6 is 11.8 Å². The maximum atomic E-state index is 11.8. The van der Waals surface area contributed by atoms with E-state index in [-0.39, 0.29) is 11.1 Å². The summed E-state index contributed by atoms with van der Waals surface area (Å²) in [4.78, 5) is 22.7. The molecule has 0 unspecified atom stereocenters. The lowest BCUT2D eigenvalue weighted by Crippen LogP contribution is -2.38. The van der Waals surface area contributed by atoms with Gasteiger partial charge in [0.2, 0.25) is 5.91 Å². The van der Waals surface area contributed by atoms with E-state index in [2.05, 4.69) is 17.6 Å². The van der Waals surface area contributed by atoms with E-state index in [4.69, 9.17) is 0 Å². The first kappa shape index (κ1) is 12.0. The number of anilines is 1. The molecule has 0 spiro atoms. The SMILES string of the molecule is CCc1ccc(NC(=O)[C@H]2CSC(=O)N2)cc1. The molecule has 1 fully saturated rings. The summed E-state index contributed by atoms with van der Waals surface area (Å²) in [6, 6.07) is 7.30. The third-order valence-corrected chi connectivity index (χ3v) is 3.50. The molecule has 1 atom stereocenters. The van der Waals surface area contributed by atoms with Gasteiger partial charge in [0.15, 0.2) is 0 Å². The molecule has 1 aliphatic rings. The van der Waals surface area contributed by atoms with Crippen molar-refractivity contribution < 1.29 is 9.59 Å². The Bertz CT molecular complexity index is 431. The van der Waals surface area contributed by atoms with Gasteiger partial charge in [-0.1, -0.05) is 30.8 Å². The summed E-state index contributed by atoms with van der Waals surface area (Å²) in [6.45, 7) is 2.08. The minimum Gasteiger partial charge on any atom is -0.334 e. The summed E-state index contributed by atoms with van der Waals surface area (Å²) in [6.07, 6.45) is 0.976. The fourth-order valence-corrected chi connectivity index (χ4v) is 2.36. The van der Waals surface area contributed by atoms with E-state index in [0.29, 0.717) is 5.75 Å². The third-order valence-electron chi connectivity index (χ3n) is 2.62.